The first-order valence-corrected chi connectivity index (χ1v) is 10.8. The molecule has 0 bridgehead atoms. The first-order valence-electron chi connectivity index (χ1n) is 8.64. The van der Waals surface area contributed by atoms with Crippen LogP contribution < -0.4 is 10.6 Å². The number of amides is 2. The minimum Gasteiger partial charge on any atom is -0.345 e. The molecule has 2 amide bonds. The minimum atomic E-state index is -0.315. The molecule has 0 atom stereocenters. The Hall–Kier alpha value is -2.26. The Bertz CT molecular complexity index is 1090. The zero-order valence-corrected chi connectivity index (χ0v) is 18.7. The number of nitrogens with one attached hydrogen (secondary N) is 2. The first-order chi connectivity index (χ1) is 14.3. The van der Waals surface area contributed by atoms with Crippen molar-refractivity contribution in [2.45, 2.75) is 11.7 Å². The van der Waals surface area contributed by atoms with Crippen molar-refractivity contribution in [3.63, 3.8) is 0 Å². The fraction of sp³-hybridized carbons (Fsp3) is 0.158. The number of rotatable bonds is 7. The van der Waals surface area contributed by atoms with Crippen molar-refractivity contribution in [1.82, 2.24) is 20.1 Å². The summed E-state index contributed by atoms with van der Waals surface area (Å²) >= 11 is 19.1. The van der Waals surface area contributed by atoms with Crippen molar-refractivity contribution >= 4 is 64.1 Å². The van der Waals surface area contributed by atoms with Gasteiger partial charge in [-0.25, -0.2) is 0 Å². The third kappa shape index (κ3) is 5.66. The van der Waals surface area contributed by atoms with E-state index >= 15 is 0 Å². The molecule has 3 rings (SSSR count). The van der Waals surface area contributed by atoms with Crippen molar-refractivity contribution < 1.29 is 9.59 Å². The molecule has 1 heterocycles. The smallest absolute Gasteiger partial charge is 0.251 e. The Kier molecular flexibility index (Phi) is 7.60. The van der Waals surface area contributed by atoms with Crippen molar-refractivity contribution in [3.8, 4) is 0 Å². The molecular formula is C19H16Cl3N5O2S. The Morgan fingerprint density at radius 2 is 1.80 bits per heavy atom. The number of thioether (sulfide) groups is 1. The predicted molar refractivity (Wildman–Crippen MR) is 119 cm³/mol. The third-order valence-corrected chi connectivity index (χ3v) is 6.08. The molecule has 2 N–H and O–H groups in total. The molecule has 0 saturated carbocycles. The van der Waals surface area contributed by atoms with Gasteiger partial charge in [0.25, 0.3) is 5.91 Å². The number of halogens is 3. The second-order valence-electron chi connectivity index (χ2n) is 6.09. The Morgan fingerprint density at radius 3 is 2.53 bits per heavy atom. The van der Waals surface area contributed by atoms with Gasteiger partial charge in [0.05, 0.1) is 33.1 Å². The zero-order valence-electron chi connectivity index (χ0n) is 15.7. The summed E-state index contributed by atoms with van der Waals surface area (Å²) in [7, 11) is 1.76. The normalized spacial score (nSPS) is 10.7. The van der Waals surface area contributed by atoms with Crippen LogP contribution in [0.3, 0.4) is 0 Å². The van der Waals surface area contributed by atoms with Crippen LogP contribution in [0.25, 0.3) is 0 Å². The van der Waals surface area contributed by atoms with E-state index in [1.54, 1.807) is 48.0 Å². The maximum atomic E-state index is 12.3. The van der Waals surface area contributed by atoms with Gasteiger partial charge in [0.1, 0.15) is 0 Å². The van der Waals surface area contributed by atoms with Gasteiger partial charge < -0.3 is 15.2 Å². The van der Waals surface area contributed by atoms with E-state index in [1.165, 1.54) is 17.8 Å². The van der Waals surface area contributed by atoms with E-state index in [1.807, 2.05) is 0 Å². The maximum absolute atomic E-state index is 12.3. The highest BCUT2D eigenvalue weighted by molar-refractivity contribution is 7.99. The molecule has 11 heteroatoms. The number of anilines is 1. The quantitative estimate of drug-likeness (QED) is 0.484. The molecule has 1 aromatic heterocycles. The Labute approximate surface area is 192 Å². The number of para-hydroxylation sites is 1. The molecular weight excluding hydrogens is 469 g/mol. The van der Waals surface area contributed by atoms with Crippen LogP contribution in [0.5, 0.6) is 0 Å². The van der Waals surface area contributed by atoms with Gasteiger partial charge in [-0.2, -0.15) is 0 Å². The number of carbonyl (C=O) groups excluding carboxylic acids is 2. The minimum absolute atomic E-state index is 0.132. The van der Waals surface area contributed by atoms with Crippen LogP contribution in [-0.4, -0.2) is 32.3 Å². The van der Waals surface area contributed by atoms with Crippen molar-refractivity contribution in [2.24, 2.45) is 7.05 Å². The summed E-state index contributed by atoms with van der Waals surface area (Å²) in [5.74, 6) is 0.139. The molecule has 30 heavy (non-hydrogen) atoms. The molecule has 0 fully saturated rings. The molecule has 156 valence electrons. The van der Waals surface area contributed by atoms with Crippen LogP contribution >= 0.6 is 46.6 Å². The second kappa shape index (κ2) is 10.2. The van der Waals surface area contributed by atoms with E-state index < -0.39 is 0 Å². The number of nitrogens with zero attached hydrogens (tertiary/aromatic N) is 3. The van der Waals surface area contributed by atoms with Gasteiger partial charge in [0.15, 0.2) is 11.0 Å². The Morgan fingerprint density at radius 1 is 1.03 bits per heavy atom. The van der Waals surface area contributed by atoms with E-state index in [0.717, 1.165) is 0 Å². The standard InChI is InChI=1S/C19H16Cl3N5O2S/c1-27-16(9-23-18(29)11-6-7-12(20)14(22)8-11)25-26-19(27)30-10-17(28)24-15-5-3-2-4-13(15)21/h2-8H,9-10H2,1H3,(H,23,29)(H,24,28). The molecule has 0 aliphatic carbocycles. The lowest BCUT2D eigenvalue weighted by Gasteiger charge is -2.08. The monoisotopic (exact) mass is 483 g/mol. The van der Waals surface area contributed by atoms with E-state index in [9.17, 15) is 9.59 Å². The molecule has 2 aromatic carbocycles. The lowest BCUT2D eigenvalue weighted by Crippen LogP contribution is -2.24. The number of carbonyl (C=O) groups is 2. The van der Waals surface area contributed by atoms with Crippen LogP contribution in [0.4, 0.5) is 5.69 Å². The first kappa shape index (κ1) is 22.4. The fourth-order valence-electron chi connectivity index (χ4n) is 2.40. The topological polar surface area (TPSA) is 88.9 Å². The molecule has 0 aliphatic rings. The SMILES string of the molecule is Cn1c(CNC(=O)c2ccc(Cl)c(Cl)c2)nnc1SCC(=O)Nc1ccccc1Cl. The summed E-state index contributed by atoms with van der Waals surface area (Å²) in [6.07, 6.45) is 0. The van der Waals surface area contributed by atoms with Gasteiger partial charge in [-0.3, -0.25) is 9.59 Å². The molecule has 0 radical (unpaired) electrons. The van der Waals surface area contributed by atoms with E-state index in [-0.39, 0.29) is 24.1 Å². The Balaban J connectivity index is 1.54. The summed E-state index contributed by atoms with van der Waals surface area (Å²) in [6.45, 7) is 0.162. The average molecular weight is 485 g/mol. The van der Waals surface area contributed by atoms with Crippen molar-refractivity contribution in [2.75, 3.05) is 11.1 Å². The highest BCUT2D eigenvalue weighted by Crippen LogP contribution is 2.23. The summed E-state index contributed by atoms with van der Waals surface area (Å²) < 4.78 is 1.71. The number of benzene rings is 2. The van der Waals surface area contributed by atoms with Gasteiger partial charge in [-0.05, 0) is 30.3 Å². The summed E-state index contributed by atoms with van der Waals surface area (Å²) in [5.41, 5.74) is 0.936. The van der Waals surface area contributed by atoms with Crippen molar-refractivity contribution in [3.05, 3.63) is 68.9 Å². The predicted octanol–water partition coefficient (Wildman–Crippen LogP) is 4.44. The number of aromatic nitrogens is 3. The molecule has 7 nitrogen and oxygen atoms in total. The maximum Gasteiger partial charge on any atom is 0.251 e. The van der Waals surface area contributed by atoms with Gasteiger partial charge in [0, 0.05) is 12.6 Å². The van der Waals surface area contributed by atoms with Crippen LogP contribution in [0, 0.1) is 0 Å². The van der Waals surface area contributed by atoms with Crippen LogP contribution in [-0.2, 0) is 18.4 Å². The molecule has 0 spiro atoms. The van der Waals surface area contributed by atoms with E-state index in [2.05, 4.69) is 20.8 Å². The largest absolute Gasteiger partial charge is 0.345 e. The molecule has 0 unspecified atom stereocenters. The van der Waals surface area contributed by atoms with Gasteiger partial charge in [-0.15, -0.1) is 10.2 Å². The highest BCUT2D eigenvalue weighted by atomic mass is 35.5. The number of hydrogen-bond acceptors (Lipinski definition) is 5. The van der Waals surface area contributed by atoms with Crippen LogP contribution in [0.15, 0.2) is 47.6 Å². The van der Waals surface area contributed by atoms with Crippen molar-refractivity contribution in [1.29, 1.82) is 0 Å². The summed E-state index contributed by atoms with van der Waals surface area (Å²) in [6, 6.07) is 11.6. The third-order valence-electron chi connectivity index (χ3n) is 3.99. The van der Waals surface area contributed by atoms with Gasteiger partial charge in [0.2, 0.25) is 5.91 Å². The fourth-order valence-corrected chi connectivity index (χ4v) is 3.61. The molecule has 0 saturated heterocycles. The summed E-state index contributed by atoms with van der Waals surface area (Å²) in [4.78, 5) is 24.4. The molecule has 3 aromatic rings. The second-order valence-corrected chi connectivity index (χ2v) is 8.25. The zero-order chi connectivity index (χ0) is 21.7. The summed E-state index contributed by atoms with van der Waals surface area (Å²) in [5, 5.41) is 15.3. The average Bonchev–Trinajstić information content (AvgIpc) is 3.08. The van der Waals surface area contributed by atoms with Crippen LogP contribution in [0.1, 0.15) is 16.2 Å². The highest BCUT2D eigenvalue weighted by Gasteiger charge is 2.14. The van der Waals surface area contributed by atoms with Crippen LogP contribution in [0.2, 0.25) is 15.1 Å². The van der Waals surface area contributed by atoms with E-state index in [4.69, 9.17) is 34.8 Å². The van der Waals surface area contributed by atoms with Gasteiger partial charge in [-0.1, -0.05) is 58.7 Å². The lowest BCUT2D eigenvalue weighted by molar-refractivity contribution is -0.113. The van der Waals surface area contributed by atoms with Gasteiger partial charge >= 0.3 is 0 Å². The van der Waals surface area contributed by atoms with E-state index in [0.29, 0.717) is 37.3 Å². The lowest BCUT2D eigenvalue weighted by atomic mass is 10.2. The molecule has 0 aliphatic heterocycles. The number of hydrogen-bond donors (Lipinski definition) is 2.